The minimum absolute atomic E-state index is 0.326. The number of ether oxygens (including phenoxy) is 3. The molecule has 2 aliphatic rings. The van der Waals surface area contributed by atoms with E-state index in [2.05, 4.69) is 6.58 Å². The molecule has 0 aromatic heterocycles. The van der Waals surface area contributed by atoms with E-state index in [1.165, 1.54) is 0 Å². The molecule has 1 N–H and O–H groups in total. The lowest BCUT2D eigenvalue weighted by Crippen LogP contribution is -2.45. The van der Waals surface area contributed by atoms with Crippen molar-refractivity contribution in [1.29, 1.82) is 0 Å². The molecule has 0 radical (unpaired) electrons. The van der Waals surface area contributed by atoms with Gasteiger partial charge in [0.2, 0.25) is 6.29 Å². The SMILES string of the molecule is C=C(C)C(=O)OC1OCCCC1OC1(O)CCCC1. The number of hydrogen-bond acceptors (Lipinski definition) is 5. The van der Waals surface area contributed by atoms with E-state index in [4.69, 9.17) is 14.2 Å². The third kappa shape index (κ3) is 3.78. The molecule has 1 heterocycles. The number of aliphatic hydroxyl groups is 1. The maximum atomic E-state index is 11.6. The van der Waals surface area contributed by atoms with Gasteiger partial charge in [0.1, 0.15) is 6.10 Å². The fourth-order valence-electron chi connectivity index (χ4n) is 2.48. The van der Waals surface area contributed by atoms with E-state index in [1.807, 2.05) is 0 Å². The quantitative estimate of drug-likeness (QED) is 0.480. The summed E-state index contributed by atoms with van der Waals surface area (Å²) in [4.78, 5) is 11.6. The molecule has 0 bridgehead atoms. The van der Waals surface area contributed by atoms with Gasteiger partial charge in [-0.15, -0.1) is 0 Å². The molecule has 2 atom stereocenters. The van der Waals surface area contributed by atoms with Crippen LogP contribution in [0.15, 0.2) is 12.2 Å². The number of esters is 1. The highest BCUT2D eigenvalue weighted by Gasteiger charge is 2.40. The topological polar surface area (TPSA) is 65.0 Å². The normalized spacial score (nSPS) is 30.0. The van der Waals surface area contributed by atoms with E-state index in [9.17, 15) is 9.90 Å². The summed E-state index contributed by atoms with van der Waals surface area (Å²) >= 11 is 0. The zero-order valence-electron chi connectivity index (χ0n) is 11.4. The standard InChI is InChI=1S/C14H22O5/c1-10(2)12(15)18-13-11(6-5-9-17-13)19-14(16)7-3-4-8-14/h11,13,16H,1,3-9H2,2H3. The van der Waals surface area contributed by atoms with Crippen LogP contribution >= 0.6 is 0 Å². The van der Waals surface area contributed by atoms with Gasteiger partial charge in [-0.1, -0.05) is 6.58 Å². The molecule has 0 aromatic carbocycles. The zero-order chi connectivity index (χ0) is 13.9. The maximum Gasteiger partial charge on any atom is 0.335 e. The van der Waals surface area contributed by atoms with Crippen molar-refractivity contribution in [3.63, 3.8) is 0 Å². The van der Waals surface area contributed by atoms with Gasteiger partial charge in [-0.25, -0.2) is 4.79 Å². The third-order valence-electron chi connectivity index (χ3n) is 3.55. The zero-order valence-corrected chi connectivity index (χ0v) is 11.4. The van der Waals surface area contributed by atoms with Gasteiger partial charge in [-0.3, -0.25) is 0 Å². The summed E-state index contributed by atoms with van der Waals surface area (Å²) in [5.41, 5.74) is 0.326. The van der Waals surface area contributed by atoms with Crippen LogP contribution in [-0.2, 0) is 19.0 Å². The van der Waals surface area contributed by atoms with Crippen LogP contribution < -0.4 is 0 Å². The first-order valence-corrected chi connectivity index (χ1v) is 6.88. The van der Waals surface area contributed by atoms with Crippen LogP contribution in [0.25, 0.3) is 0 Å². The monoisotopic (exact) mass is 270 g/mol. The van der Waals surface area contributed by atoms with Crippen LogP contribution in [0.2, 0.25) is 0 Å². The van der Waals surface area contributed by atoms with E-state index in [0.29, 0.717) is 25.0 Å². The van der Waals surface area contributed by atoms with Gasteiger partial charge in [-0.05, 0) is 32.6 Å². The number of hydrogen-bond donors (Lipinski definition) is 1. The van der Waals surface area contributed by atoms with Crippen molar-refractivity contribution >= 4 is 5.97 Å². The molecule has 1 aliphatic carbocycles. The maximum absolute atomic E-state index is 11.6. The number of carbonyl (C=O) groups excluding carboxylic acids is 1. The van der Waals surface area contributed by atoms with Crippen molar-refractivity contribution < 1.29 is 24.1 Å². The second-order valence-corrected chi connectivity index (χ2v) is 5.38. The van der Waals surface area contributed by atoms with Crippen LogP contribution in [0.4, 0.5) is 0 Å². The average molecular weight is 270 g/mol. The summed E-state index contributed by atoms with van der Waals surface area (Å²) in [7, 11) is 0. The molecule has 5 nitrogen and oxygen atoms in total. The molecule has 0 spiro atoms. The first-order valence-electron chi connectivity index (χ1n) is 6.88. The Bertz CT molecular complexity index is 346. The van der Waals surface area contributed by atoms with Crippen LogP contribution in [0, 0.1) is 0 Å². The first kappa shape index (κ1) is 14.5. The van der Waals surface area contributed by atoms with Crippen molar-refractivity contribution in [1.82, 2.24) is 0 Å². The molecular formula is C14H22O5. The lowest BCUT2D eigenvalue weighted by atomic mass is 10.1. The van der Waals surface area contributed by atoms with Gasteiger partial charge in [0.05, 0.1) is 6.61 Å². The Labute approximate surface area is 113 Å². The van der Waals surface area contributed by atoms with E-state index in [1.54, 1.807) is 6.92 Å². The first-order chi connectivity index (χ1) is 9.00. The largest absolute Gasteiger partial charge is 0.430 e. The fourth-order valence-corrected chi connectivity index (χ4v) is 2.48. The Kier molecular flexibility index (Phi) is 4.60. The van der Waals surface area contributed by atoms with Gasteiger partial charge in [0.25, 0.3) is 0 Å². The van der Waals surface area contributed by atoms with Crippen LogP contribution in [-0.4, -0.2) is 35.9 Å². The van der Waals surface area contributed by atoms with Gasteiger partial charge in [0.15, 0.2) is 5.79 Å². The fraction of sp³-hybridized carbons (Fsp3) is 0.786. The Morgan fingerprint density at radius 3 is 2.68 bits per heavy atom. The summed E-state index contributed by atoms with van der Waals surface area (Å²) in [6, 6.07) is 0. The Morgan fingerprint density at radius 1 is 1.37 bits per heavy atom. The van der Waals surface area contributed by atoms with Gasteiger partial charge in [0, 0.05) is 18.4 Å². The lowest BCUT2D eigenvalue weighted by molar-refractivity contribution is -0.292. The molecule has 108 valence electrons. The smallest absolute Gasteiger partial charge is 0.335 e. The van der Waals surface area contributed by atoms with E-state index < -0.39 is 24.2 Å². The highest BCUT2D eigenvalue weighted by molar-refractivity contribution is 5.87. The summed E-state index contributed by atoms with van der Waals surface area (Å²) < 4.78 is 16.4. The van der Waals surface area contributed by atoms with E-state index in [-0.39, 0.29) is 0 Å². The summed E-state index contributed by atoms with van der Waals surface area (Å²) in [6.45, 7) is 5.67. The van der Waals surface area contributed by atoms with Crippen LogP contribution in [0.5, 0.6) is 0 Å². The number of rotatable bonds is 4. The minimum Gasteiger partial charge on any atom is -0.430 e. The molecule has 2 rings (SSSR count). The van der Waals surface area contributed by atoms with Crippen LogP contribution in [0.1, 0.15) is 45.4 Å². The molecule has 1 saturated carbocycles. The molecule has 5 heteroatoms. The third-order valence-corrected chi connectivity index (χ3v) is 3.55. The van der Waals surface area contributed by atoms with Gasteiger partial charge < -0.3 is 19.3 Å². The molecule has 0 amide bonds. The highest BCUT2D eigenvalue weighted by atomic mass is 16.7. The minimum atomic E-state index is -1.08. The predicted octanol–water partition coefficient (Wildman–Crippen LogP) is 1.89. The summed E-state index contributed by atoms with van der Waals surface area (Å²) in [5.74, 6) is -1.57. The van der Waals surface area contributed by atoms with Gasteiger partial charge in [-0.2, -0.15) is 0 Å². The van der Waals surface area contributed by atoms with E-state index >= 15 is 0 Å². The molecule has 19 heavy (non-hydrogen) atoms. The van der Waals surface area contributed by atoms with Crippen molar-refractivity contribution in [3.05, 3.63) is 12.2 Å². The van der Waals surface area contributed by atoms with Crippen molar-refractivity contribution in [2.45, 2.75) is 63.6 Å². The van der Waals surface area contributed by atoms with Crippen molar-refractivity contribution in [2.24, 2.45) is 0 Å². The Balaban J connectivity index is 1.95. The van der Waals surface area contributed by atoms with Crippen molar-refractivity contribution in [3.8, 4) is 0 Å². The number of carbonyl (C=O) groups is 1. The summed E-state index contributed by atoms with van der Waals surface area (Å²) in [6.07, 6.45) is 3.58. The Morgan fingerprint density at radius 2 is 2.05 bits per heavy atom. The molecule has 1 aliphatic heterocycles. The predicted molar refractivity (Wildman–Crippen MR) is 68.2 cm³/mol. The molecule has 2 unspecified atom stereocenters. The molecule has 2 fully saturated rings. The second kappa shape index (κ2) is 6.03. The second-order valence-electron chi connectivity index (χ2n) is 5.38. The lowest BCUT2D eigenvalue weighted by Gasteiger charge is -2.36. The van der Waals surface area contributed by atoms with E-state index in [0.717, 1.165) is 25.7 Å². The van der Waals surface area contributed by atoms with Crippen LogP contribution in [0.3, 0.4) is 0 Å². The molecule has 1 saturated heterocycles. The average Bonchev–Trinajstić information content (AvgIpc) is 2.78. The summed E-state index contributed by atoms with van der Waals surface area (Å²) in [5, 5.41) is 10.3. The molecular weight excluding hydrogens is 248 g/mol. The highest BCUT2D eigenvalue weighted by Crippen LogP contribution is 2.34. The van der Waals surface area contributed by atoms with Gasteiger partial charge >= 0.3 is 5.97 Å². The molecule has 0 aromatic rings. The Hall–Kier alpha value is -0.910. The van der Waals surface area contributed by atoms with Crippen molar-refractivity contribution in [2.75, 3.05) is 6.61 Å².